The maximum Gasteiger partial charge on any atom is 0.183 e. The predicted octanol–water partition coefficient (Wildman–Crippen LogP) is 4.87. The second kappa shape index (κ2) is 7.09. The molecule has 1 N–H and O–H groups in total. The van der Waals surface area contributed by atoms with E-state index in [1.54, 1.807) is 18.4 Å². The van der Waals surface area contributed by atoms with E-state index in [-0.39, 0.29) is 0 Å². The summed E-state index contributed by atoms with van der Waals surface area (Å²) in [4.78, 5) is 4.75. The van der Waals surface area contributed by atoms with Crippen molar-refractivity contribution in [2.24, 2.45) is 0 Å². The summed E-state index contributed by atoms with van der Waals surface area (Å²) in [5.41, 5.74) is 5.94. The standard InChI is InChI=1S/C19H23N3OS/c1-5-22-13(2)10-16(14(22)3)17-12-24-19(21-17)20-11-15-8-6-7-9-18(15)23-4/h6-10,12H,5,11H2,1-4H3,(H,20,21). The molecule has 126 valence electrons. The monoisotopic (exact) mass is 341 g/mol. The molecule has 2 heterocycles. The molecule has 0 unspecified atom stereocenters. The van der Waals surface area contributed by atoms with Gasteiger partial charge in [0.25, 0.3) is 0 Å². The Kier molecular flexibility index (Phi) is 4.90. The second-order valence-corrected chi connectivity index (χ2v) is 6.59. The molecule has 3 aromatic rings. The number of nitrogens with zero attached hydrogens (tertiary/aromatic N) is 2. The van der Waals surface area contributed by atoms with E-state index in [0.29, 0.717) is 6.54 Å². The third kappa shape index (κ3) is 3.17. The van der Waals surface area contributed by atoms with Crippen molar-refractivity contribution in [1.29, 1.82) is 0 Å². The van der Waals surface area contributed by atoms with E-state index in [9.17, 15) is 0 Å². The summed E-state index contributed by atoms with van der Waals surface area (Å²) in [5, 5.41) is 6.45. The lowest BCUT2D eigenvalue weighted by atomic mass is 10.2. The molecule has 0 saturated carbocycles. The highest BCUT2D eigenvalue weighted by atomic mass is 32.1. The molecule has 0 aliphatic carbocycles. The molecule has 0 aliphatic rings. The maximum atomic E-state index is 5.39. The molecule has 0 amide bonds. The van der Waals surface area contributed by atoms with E-state index in [0.717, 1.165) is 28.7 Å². The fourth-order valence-electron chi connectivity index (χ4n) is 3.05. The van der Waals surface area contributed by atoms with Crippen LogP contribution in [0.2, 0.25) is 0 Å². The minimum absolute atomic E-state index is 0.699. The lowest BCUT2D eigenvalue weighted by molar-refractivity contribution is 0.410. The molecule has 0 spiro atoms. The second-order valence-electron chi connectivity index (χ2n) is 5.73. The maximum absolute atomic E-state index is 5.39. The van der Waals surface area contributed by atoms with Crippen LogP contribution in [0.5, 0.6) is 5.75 Å². The van der Waals surface area contributed by atoms with Crippen molar-refractivity contribution in [1.82, 2.24) is 9.55 Å². The first-order valence-corrected chi connectivity index (χ1v) is 9.00. The van der Waals surface area contributed by atoms with Crippen molar-refractivity contribution in [2.45, 2.75) is 33.9 Å². The summed E-state index contributed by atoms with van der Waals surface area (Å²) in [6.07, 6.45) is 0. The molecule has 0 radical (unpaired) electrons. The summed E-state index contributed by atoms with van der Waals surface area (Å²) >= 11 is 1.64. The number of hydrogen-bond acceptors (Lipinski definition) is 4. The van der Waals surface area contributed by atoms with E-state index < -0.39 is 0 Å². The molecule has 24 heavy (non-hydrogen) atoms. The van der Waals surface area contributed by atoms with E-state index in [1.807, 2.05) is 18.2 Å². The number of benzene rings is 1. The van der Waals surface area contributed by atoms with E-state index in [4.69, 9.17) is 9.72 Å². The van der Waals surface area contributed by atoms with Gasteiger partial charge in [-0.2, -0.15) is 0 Å². The molecule has 5 heteroatoms. The predicted molar refractivity (Wildman–Crippen MR) is 101 cm³/mol. The van der Waals surface area contributed by atoms with Gasteiger partial charge in [0.05, 0.1) is 12.8 Å². The molecule has 0 atom stereocenters. The fraction of sp³-hybridized carbons (Fsp3) is 0.316. The first-order chi connectivity index (χ1) is 11.6. The Morgan fingerprint density at radius 1 is 1.25 bits per heavy atom. The SMILES string of the molecule is CCn1c(C)cc(-c2csc(NCc3ccccc3OC)n2)c1C. The Morgan fingerprint density at radius 2 is 2.04 bits per heavy atom. The quantitative estimate of drug-likeness (QED) is 0.695. The van der Waals surface area contributed by atoms with Gasteiger partial charge < -0.3 is 14.6 Å². The Balaban J connectivity index is 1.77. The van der Waals surface area contributed by atoms with Crippen LogP contribution in [-0.2, 0) is 13.1 Å². The van der Waals surface area contributed by atoms with Crippen molar-refractivity contribution in [3.63, 3.8) is 0 Å². The van der Waals surface area contributed by atoms with Gasteiger partial charge >= 0.3 is 0 Å². The van der Waals surface area contributed by atoms with Crippen LogP contribution in [0.4, 0.5) is 5.13 Å². The van der Waals surface area contributed by atoms with Crippen molar-refractivity contribution in [2.75, 3.05) is 12.4 Å². The molecular formula is C19H23N3OS. The molecule has 0 aliphatic heterocycles. The smallest absolute Gasteiger partial charge is 0.183 e. The zero-order valence-corrected chi connectivity index (χ0v) is 15.4. The van der Waals surface area contributed by atoms with Gasteiger partial charge in [-0.3, -0.25) is 0 Å². The first-order valence-electron chi connectivity index (χ1n) is 8.12. The van der Waals surface area contributed by atoms with E-state index in [2.05, 4.69) is 48.2 Å². The lowest BCUT2D eigenvalue weighted by Gasteiger charge is -2.08. The van der Waals surface area contributed by atoms with Crippen molar-refractivity contribution < 1.29 is 4.74 Å². The lowest BCUT2D eigenvalue weighted by Crippen LogP contribution is -2.01. The number of para-hydroxylation sites is 1. The number of hydrogen-bond donors (Lipinski definition) is 1. The van der Waals surface area contributed by atoms with Crippen LogP contribution in [0.1, 0.15) is 23.9 Å². The van der Waals surface area contributed by atoms with Gasteiger partial charge in [0, 0.05) is 41.0 Å². The average Bonchev–Trinajstić information content (AvgIpc) is 3.17. The van der Waals surface area contributed by atoms with Crippen LogP contribution in [0.25, 0.3) is 11.3 Å². The number of ether oxygens (including phenoxy) is 1. The molecule has 0 fully saturated rings. The van der Waals surface area contributed by atoms with Crippen LogP contribution in [-0.4, -0.2) is 16.7 Å². The third-order valence-corrected chi connectivity index (χ3v) is 5.09. The third-order valence-electron chi connectivity index (χ3n) is 4.29. The zero-order chi connectivity index (χ0) is 17.1. The summed E-state index contributed by atoms with van der Waals surface area (Å²) in [6, 6.07) is 10.3. The van der Waals surface area contributed by atoms with Crippen LogP contribution < -0.4 is 10.1 Å². The van der Waals surface area contributed by atoms with Gasteiger partial charge in [0.15, 0.2) is 5.13 Å². The van der Waals surface area contributed by atoms with Crippen LogP contribution >= 0.6 is 11.3 Å². The van der Waals surface area contributed by atoms with Crippen molar-refractivity contribution >= 4 is 16.5 Å². The van der Waals surface area contributed by atoms with Gasteiger partial charge in [0.1, 0.15) is 5.75 Å². The summed E-state index contributed by atoms with van der Waals surface area (Å²) < 4.78 is 7.71. The van der Waals surface area contributed by atoms with Gasteiger partial charge in [-0.15, -0.1) is 11.3 Å². The Hall–Kier alpha value is -2.27. The number of nitrogens with one attached hydrogen (secondary N) is 1. The summed E-state index contributed by atoms with van der Waals surface area (Å²) in [6.45, 7) is 8.16. The van der Waals surface area contributed by atoms with Crippen LogP contribution in [0.3, 0.4) is 0 Å². The Bertz CT molecular complexity index is 835. The van der Waals surface area contributed by atoms with Crippen molar-refractivity contribution in [3.8, 4) is 17.0 Å². The topological polar surface area (TPSA) is 39.1 Å². The average molecular weight is 341 g/mol. The first kappa shape index (κ1) is 16.6. The minimum Gasteiger partial charge on any atom is -0.496 e. The van der Waals surface area contributed by atoms with E-state index >= 15 is 0 Å². The Labute approximate surface area is 147 Å². The highest BCUT2D eigenvalue weighted by Gasteiger charge is 2.13. The normalized spacial score (nSPS) is 10.8. The van der Waals surface area contributed by atoms with Crippen LogP contribution in [0.15, 0.2) is 35.7 Å². The van der Waals surface area contributed by atoms with Crippen molar-refractivity contribution in [3.05, 3.63) is 52.7 Å². The number of thiazole rings is 1. The summed E-state index contributed by atoms with van der Waals surface area (Å²) in [5.74, 6) is 0.897. The molecular weight excluding hydrogens is 318 g/mol. The number of aromatic nitrogens is 2. The number of anilines is 1. The molecule has 4 nitrogen and oxygen atoms in total. The number of rotatable bonds is 6. The largest absolute Gasteiger partial charge is 0.496 e. The minimum atomic E-state index is 0.699. The fourth-order valence-corrected chi connectivity index (χ4v) is 3.76. The number of aryl methyl sites for hydroxylation is 1. The summed E-state index contributed by atoms with van der Waals surface area (Å²) in [7, 11) is 1.70. The molecule has 0 saturated heterocycles. The molecule has 3 rings (SSSR count). The van der Waals surface area contributed by atoms with Gasteiger partial charge in [-0.05, 0) is 32.9 Å². The Morgan fingerprint density at radius 3 is 2.75 bits per heavy atom. The van der Waals surface area contributed by atoms with Gasteiger partial charge in [0.2, 0.25) is 0 Å². The van der Waals surface area contributed by atoms with Gasteiger partial charge in [-0.1, -0.05) is 18.2 Å². The van der Waals surface area contributed by atoms with Crippen LogP contribution in [0, 0.1) is 13.8 Å². The molecule has 0 bridgehead atoms. The highest BCUT2D eigenvalue weighted by Crippen LogP contribution is 2.30. The molecule has 2 aromatic heterocycles. The highest BCUT2D eigenvalue weighted by molar-refractivity contribution is 7.14. The number of methoxy groups -OCH3 is 1. The van der Waals surface area contributed by atoms with E-state index in [1.165, 1.54) is 17.0 Å². The zero-order valence-electron chi connectivity index (χ0n) is 14.6. The molecule has 1 aromatic carbocycles. The van der Waals surface area contributed by atoms with Gasteiger partial charge in [-0.25, -0.2) is 4.98 Å².